The molecule has 0 saturated carbocycles. The molecule has 20 heavy (non-hydrogen) atoms. The van der Waals surface area contributed by atoms with Crippen molar-refractivity contribution in [2.24, 2.45) is 0 Å². The Hall–Kier alpha value is -0.580. The lowest BCUT2D eigenvalue weighted by molar-refractivity contribution is 0.517. The maximum Gasteiger partial charge on any atom is 0.105 e. The minimum atomic E-state index is 0.139. The molecule has 0 radical (unpaired) electrons. The highest BCUT2D eigenvalue weighted by molar-refractivity contribution is 9.11. The van der Waals surface area contributed by atoms with Gasteiger partial charge in [0.15, 0.2) is 0 Å². The first-order chi connectivity index (χ1) is 9.54. The summed E-state index contributed by atoms with van der Waals surface area (Å²) in [4.78, 5) is 0. The van der Waals surface area contributed by atoms with Crippen LogP contribution in [0.25, 0.3) is 0 Å². The van der Waals surface area contributed by atoms with Gasteiger partial charge in [-0.1, -0.05) is 38.8 Å². The van der Waals surface area contributed by atoms with Crippen molar-refractivity contribution in [1.29, 1.82) is 0 Å². The molecule has 0 aliphatic heterocycles. The van der Waals surface area contributed by atoms with Crippen LogP contribution in [0.5, 0.6) is 0 Å². The molecule has 1 heterocycles. The maximum atomic E-state index is 5.47. The van der Waals surface area contributed by atoms with Crippen molar-refractivity contribution in [2.45, 2.75) is 33.2 Å². The number of hydrogen-bond acceptors (Lipinski definition) is 2. The summed E-state index contributed by atoms with van der Waals surface area (Å²) in [6.45, 7) is 7.24. The molecule has 0 fully saturated rings. The monoisotopic (exact) mass is 399 g/mol. The summed E-state index contributed by atoms with van der Waals surface area (Å²) in [5, 5.41) is 3.61. The predicted molar refractivity (Wildman–Crippen MR) is 90.2 cm³/mol. The third kappa shape index (κ3) is 3.35. The first-order valence-electron chi connectivity index (χ1n) is 6.77. The number of furan rings is 1. The number of aryl methyl sites for hydroxylation is 2. The van der Waals surface area contributed by atoms with Gasteiger partial charge in [0, 0.05) is 14.5 Å². The molecule has 1 atom stereocenters. The number of benzene rings is 1. The quantitative estimate of drug-likeness (QED) is 0.715. The molecule has 2 nitrogen and oxygen atoms in total. The molecule has 1 N–H and O–H groups in total. The standard InChI is InChI=1S/C16H19Br2NO/c1-4-6-19-16(12-5-7-20-11(12)3)13-9-14(17)10(2)8-15(13)18/h5,7-9,16,19H,4,6H2,1-3H3. The lowest BCUT2D eigenvalue weighted by Crippen LogP contribution is -2.23. The van der Waals surface area contributed by atoms with Crippen LogP contribution >= 0.6 is 31.9 Å². The van der Waals surface area contributed by atoms with Crippen LogP contribution in [0.15, 0.2) is 37.8 Å². The van der Waals surface area contributed by atoms with Crippen LogP contribution in [0.2, 0.25) is 0 Å². The molecule has 1 unspecified atom stereocenters. The fraction of sp³-hybridized carbons (Fsp3) is 0.375. The third-order valence-electron chi connectivity index (χ3n) is 3.40. The topological polar surface area (TPSA) is 25.2 Å². The van der Waals surface area contributed by atoms with Crippen LogP contribution < -0.4 is 5.32 Å². The second-order valence-corrected chi connectivity index (χ2v) is 6.65. The smallest absolute Gasteiger partial charge is 0.105 e. The summed E-state index contributed by atoms with van der Waals surface area (Å²) in [5.74, 6) is 0.960. The molecule has 2 rings (SSSR count). The van der Waals surface area contributed by atoms with Crippen LogP contribution in [0.4, 0.5) is 0 Å². The van der Waals surface area contributed by atoms with Crippen molar-refractivity contribution in [3.05, 3.63) is 55.9 Å². The van der Waals surface area contributed by atoms with Gasteiger partial charge in [0.2, 0.25) is 0 Å². The van der Waals surface area contributed by atoms with E-state index in [1.165, 1.54) is 16.7 Å². The Labute approximate surface area is 137 Å². The van der Waals surface area contributed by atoms with E-state index in [0.29, 0.717) is 0 Å². The van der Waals surface area contributed by atoms with Gasteiger partial charge in [0.25, 0.3) is 0 Å². The predicted octanol–water partition coefficient (Wildman–Crippen LogP) is 5.51. The highest BCUT2D eigenvalue weighted by Crippen LogP contribution is 2.34. The van der Waals surface area contributed by atoms with Crippen molar-refractivity contribution in [1.82, 2.24) is 5.32 Å². The molecular weight excluding hydrogens is 382 g/mol. The number of nitrogens with one attached hydrogen (secondary N) is 1. The Kier molecular flexibility index (Phi) is 5.47. The van der Waals surface area contributed by atoms with Gasteiger partial charge in [0.1, 0.15) is 5.76 Å². The van der Waals surface area contributed by atoms with Gasteiger partial charge in [-0.05, 0) is 56.1 Å². The fourth-order valence-corrected chi connectivity index (χ4v) is 3.30. The Morgan fingerprint density at radius 2 is 1.90 bits per heavy atom. The summed E-state index contributed by atoms with van der Waals surface area (Å²) in [6, 6.07) is 6.51. The van der Waals surface area contributed by atoms with Gasteiger partial charge >= 0.3 is 0 Å². The Balaban J connectivity index is 2.46. The molecular formula is C16H19Br2NO. The summed E-state index contributed by atoms with van der Waals surface area (Å²) >= 11 is 7.32. The summed E-state index contributed by atoms with van der Waals surface area (Å²) < 4.78 is 7.72. The van der Waals surface area contributed by atoms with Gasteiger partial charge in [-0.25, -0.2) is 0 Å². The zero-order chi connectivity index (χ0) is 14.7. The summed E-state index contributed by atoms with van der Waals surface area (Å²) in [7, 11) is 0. The molecule has 2 aromatic rings. The largest absolute Gasteiger partial charge is 0.469 e. The number of halogens is 2. The molecule has 0 bridgehead atoms. The van der Waals surface area contributed by atoms with E-state index in [1.807, 2.05) is 13.0 Å². The van der Waals surface area contributed by atoms with Gasteiger partial charge < -0.3 is 9.73 Å². The van der Waals surface area contributed by atoms with Gasteiger partial charge in [-0.2, -0.15) is 0 Å². The fourth-order valence-electron chi connectivity index (χ4n) is 2.25. The van der Waals surface area contributed by atoms with Crippen molar-refractivity contribution in [2.75, 3.05) is 6.54 Å². The zero-order valence-electron chi connectivity index (χ0n) is 12.0. The van der Waals surface area contributed by atoms with Crippen molar-refractivity contribution < 1.29 is 4.42 Å². The third-order valence-corrected chi connectivity index (χ3v) is 4.94. The van der Waals surface area contributed by atoms with E-state index in [9.17, 15) is 0 Å². The highest BCUT2D eigenvalue weighted by atomic mass is 79.9. The van der Waals surface area contributed by atoms with E-state index < -0.39 is 0 Å². The SMILES string of the molecule is CCCNC(c1cc(Br)c(C)cc1Br)c1ccoc1C. The number of hydrogen-bond donors (Lipinski definition) is 1. The van der Waals surface area contributed by atoms with E-state index in [1.54, 1.807) is 6.26 Å². The zero-order valence-corrected chi connectivity index (χ0v) is 15.1. The highest BCUT2D eigenvalue weighted by Gasteiger charge is 2.20. The van der Waals surface area contributed by atoms with E-state index in [0.717, 1.165) is 27.7 Å². The lowest BCUT2D eigenvalue weighted by atomic mass is 9.98. The van der Waals surface area contributed by atoms with Crippen LogP contribution in [-0.4, -0.2) is 6.54 Å². The van der Waals surface area contributed by atoms with Crippen LogP contribution in [0, 0.1) is 13.8 Å². The van der Waals surface area contributed by atoms with Crippen LogP contribution in [-0.2, 0) is 0 Å². The lowest BCUT2D eigenvalue weighted by Gasteiger charge is -2.21. The van der Waals surface area contributed by atoms with Crippen LogP contribution in [0.3, 0.4) is 0 Å². The van der Waals surface area contributed by atoms with Crippen molar-refractivity contribution >= 4 is 31.9 Å². The van der Waals surface area contributed by atoms with Crippen molar-refractivity contribution in [3.63, 3.8) is 0 Å². The molecule has 0 aliphatic carbocycles. The van der Waals surface area contributed by atoms with Gasteiger partial charge in [0.05, 0.1) is 12.3 Å². The molecule has 0 saturated heterocycles. The second-order valence-electron chi connectivity index (χ2n) is 4.94. The van der Waals surface area contributed by atoms with E-state index >= 15 is 0 Å². The summed E-state index contributed by atoms with van der Waals surface area (Å²) in [6.07, 6.45) is 2.85. The summed E-state index contributed by atoms with van der Waals surface area (Å²) in [5.41, 5.74) is 3.63. The Bertz CT molecular complexity index is 592. The van der Waals surface area contributed by atoms with Crippen molar-refractivity contribution in [3.8, 4) is 0 Å². The van der Waals surface area contributed by atoms with Gasteiger partial charge in [-0.15, -0.1) is 0 Å². The normalized spacial score (nSPS) is 12.7. The second kappa shape index (κ2) is 6.92. The van der Waals surface area contributed by atoms with E-state index in [-0.39, 0.29) is 6.04 Å². The van der Waals surface area contributed by atoms with E-state index in [4.69, 9.17) is 4.42 Å². The Morgan fingerprint density at radius 3 is 2.50 bits per heavy atom. The first-order valence-corrected chi connectivity index (χ1v) is 8.36. The minimum Gasteiger partial charge on any atom is -0.469 e. The van der Waals surface area contributed by atoms with Gasteiger partial charge in [-0.3, -0.25) is 0 Å². The minimum absolute atomic E-state index is 0.139. The average molecular weight is 401 g/mol. The molecule has 108 valence electrons. The average Bonchev–Trinajstić information content (AvgIpc) is 2.82. The molecule has 4 heteroatoms. The molecule has 1 aromatic carbocycles. The maximum absolute atomic E-state index is 5.47. The Morgan fingerprint density at radius 1 is 1.15 bits per heavy atom. The number of rotatable bonds is 5. The molecule has 0 spiro atoms. The molecule has 1 aromatic heterocycles. The molecule has 0 amide bonds. The van der Waals surface area contributed by atoms with Crippen LogP contribution in [0.1, 0.15) is 41.8 Å². The first kappa shape index (κ1) is 15.8. The molecule has 0 aliphatic rings. The van der Waals surface area contributed by atoms with E-state index in [2.05, 4.69) is 63.2 Å².